The summed E-state index contributed by atoms with van der Waals surface area (Å²) in [4.78, 5) is 2.81. The fraction of sp³-hybridized carbons (Fsp3) is 1.00. The molecule has 4 unspecified atom stereocenters. The molecule has 2 heteroatoms. The number of nitrogens with zero attached hydrogens (tertiary/aromatic N) is 1. The summed E-state index contributed by atoms with van der Waals surface area (Å²) in [5.41, 5.74) is 0. The van der Waals surface area contributed by atoms with Crippen LogP contribution in [0.5, 0.6) is 0 Å². The molecule has 4 atom stereocenters. The van der Waals surface area contributed by atoms with Gasteiger partial charge in [0.25, 0.3) is 0 Å². The summed E-state index contributed by atoms with van der Waals surface area (Å²) < 4.78 is 0. The Bertz CT molecular complexity index is 241. The smallest absolute Gasteiger partial charge is 0.0249 e. The summed E-state index contributed by atoms with van der Waals surface area (Å²) in [6.45, 7) is 10.9. The van der Waals surface area contributed by atoms with Crippen LogP contribution in [-0.2, 0) is 0 Å². The molecule has 1 saturated carbocycles. The average Bonchev–Trinajstić information content (AvgIpc) is 2.59. The van der Waals surface area contributed by atoms with E-state index in [1.54, 1.807) is 0 Å². The summed E-state index contributed by atoms with van der Waals surface area (Å²) in [5, 5.41) is 3.76. The van der Waals surface area contributed by atoms with Gasteiger partial charge in [-0.3, -0.25) is 4.90 Å². The van der Waals surface area contributed by atoms with Crippen molar-refractivity contribution >= 4 is 0 Å². The lowest BCUT2D eigenvalue weighted by Crippen LogP contribution is -2.53. The molecule has 1 aliphatic carbocycles. The molecule has 2 nitrogen and oxygen atoms in total. The Morgan fingerprint density at radius 3 is 2.50 bits per heavy atom. The van der Waals surface area contributed by atoms with Crippen molar-refractivity contribution in [2.45, 2.75) is 71.4 Å². The van der Waals surface area contributed by atoms with Crippen molar-refractivity contribution in [1.82, 2.24) is 10.2 Å². The molecule has 0 amide bonds. The second kappa shape index (κ2) is 6.91. The van der Waals surface area contributed by atoms with Gasteiger partial charge in [-0.15, -0.1) is 0 Å². The Morgan fingerprint density at radius 2 is 1.78 bits per heavy atom. The number of rotatable bonds is 3. The standard InChI is InChI=1S/C16H32N2/c1-4-17-15-8-6-5-7-9-16(15)18-11-10-13(2)14(3)12-18/h13-17H,4-12H2,1-3H3. The minimum absolute atomic E-state index is 0.748. The molecule has 0 bridgehead atoms. The molecule has 0 radical (unpaired) electrons. The molecule has 106 valence electrons. The lowest BCUT2D eigenvalue weighted by atomic mass is 9.86. The maximum absolute atomic E-state index is 3.76. The van der Waals surface area contributed by atoms with E-state index in [9.17, 15) is 0 Å². The molecular formula is C16H32N2. The minimum Gasteiger partial charge on any atom is -0.313 e. The molecule has 1 aliphatic heterocycles. The normalized spacial score (nSPS) is 39.5. The van der Waals surface area contributed by atoms with Crippen LogP contribution in [0.4, 0.5) is 0 Å². The second-order valence-corrected chi connectivity index (χ2v) is 6.61. The quantitative estimate of drug-likeness (QED) is 0.776. The van der Waals surface area contributed by atoms with Gasteiger partial charge in [0.05, 0.1) is 0 Å². The van der Waals surface area contributed by atoms with E-state index < -0.39 is 0 Å². The van der Waals surface area contributed by atoms with Gasteiger partial charge in [0.1, 0.15) is 0 Å². The maximum atomic E-state index is 3.76. The van der Waals surface area contributed by atoms with Gasteiger partial charge in [-0.05, 0) is 44.2 Å². The van der Waals surface area contributed by atoms with Crippen LogP contribution < -0.4 is 5.32 Å². The highest BCUT2D eigenvalue weighted by atomic mass is 15.2. The Hall–Kier alpha value is -0.0800. The van der Waals surface area contributed by atoms with Gasteiger partial charge in [0.2, 0.25) is 0 Å². The lowest BCUT2D eigenvalue weighted by molar-refractivity contribution is 0.0723. The molecule has 0 spiro atoms. The largest absolute Gasteiger partial charge is 0.313 e. The van der Waals surface area contributed by atoms with Crippen LogP contribution >= 0.6 is 0 Å². The summed E-state index contributed by atoms with van der Waals surface area (Å²) in [6.07, 6.45) is 8.51. The minimum atomic E-state index is 0.748. The van der Waals surface area contributed by atoms with Crippen LogP contribution in [0.1, 0.15) is 59.3 Å². The Balaban J connectivity index is 1.98. The van der Waals surface area contributed by atoms with Crippen LogP contribution in [0.2, 0.25) is 0 Å². The first-order valence-corrected chi connectivity index (χ1v) is 8.19. The van der Waals surface area contributed by atoms with Gasteiger partial charge in [-0.25, -0.2) is 0 Å². The molecule has 0 aromatic rings. The number of piperidine rings is 1. The zero-order valence-corrected chi connectivity index (χ0v) is 12.6. The Kier molecular flexibility index (Phi) is 5.50. The molecular weight excluding hydrogens is 220 g/mol. The maximum Gasteiger partial charge on any atom is 0.0249 e. The van der Waals surface area contributed by atoms with Crippen molar-refractivity contribution in [1.29, 1.82) is 0 Å². The molecule has 1 heterocycles. The van der Waals surface area contributed by atoms with E-state index in [1.165, 1.54) is 51.6 Å². The molecule has 1 saturated heterocycles. The van der Waals surface area contributed by atoms with Crippen molar-refractivity contribution in [2.75, 3.05) is 19.6 Å². The van der Waals surface area contributed by atoms with E-state index >= 15 is 0 Å². The Labute approximate surface area is 114 Å². The fourth-order valence-electron chi connectivity index (χ4n) is 3.82. The van der Waals surface area contributed by atoms with Crippen molar-refractivity contribution in [3.63, 3.8) is 0 Å². The van der Waals surface area contributed by atoms with Gasteiger partial charge >= 0.3 is 0 Å². The summed E-state index contributed by atoms with van der Waals surface area (Å²) in [5.74, 6) is 1.80. The van der Waals surface area contributed by atoms with Crippen LogP contribution in [0.15, 0.2) is 0 Å². The molecule has 0 aromatic carbocycles. The zero-order chi connectivity index (χ0) is 13.0. The first kappa shape index (κ1) is 14.3. The third-order valence-corrected chi connectivity index (χ3v) is 5.28. The summed E-state index contributed by atoms with van der Waals surface area (Å²) in [6, 6.07) is 1.56. The average molecular weight is 252 g/mol. The number of hydrogen-bond donors (Lipinski definition) is 1. The number of hydrogen-bond acceptors (Lipinski definition) is 2. The first-order chi connectivity index (χ1) is 8.72. The van der Waals surface area contributed by atoms with Crippen molar-refractivity contribution < 1.29 is 0 Å². The van der Waals surface area contributed by atoms with Crippen LogP contribution in [0.3, 0.4) is 0 Å². The highest BCUT2D eigenvalue weighted by Crippen LogP contribution is 2.29. The van der Waals surface area contributed by atoms with Crippen LogP contribution in [0.25, 0.3) is 0 Å². The van der Waals surface area contributed by atoms with E-state index in [-0.39, 0.29) is 0 Å². The predicted molar refractivity (Wildman–Crippen MR) is 78.9 cm³/mol. The fourth-order valence-corrected chi connectivity index (χ4v) is 3.82. The van der Waals surface area contributed by atoms with E-state index in [2.05, 4.69) is 31.0 Å². The monoisotopic (exact) mass is 252 g/mol. The van der Waals surface area contributed by atoms with E-state index in [1.807, 2.05) is 0 Å². The Morgan fingerprint density at radius 1 is 1.00 bits per heavy atom. The van der Waals surface area contributed by atoms with Crippen LogP contribution in [0, 0.1) is 11.8 Å². The topological polar surface area (TPSA) is 15.3 Å². The van der Waals surface area contributed by atoms with Gasteiger partial charge in [0, 0.05) is 18.6 Å². The first-order valence-electron chi connectivity index (χ1n) is 8.19. The van der Waals surface area contributed by atoms with Gasteiger partial charge in [-0.2, -0.15) is 0 Å². The molecule has 2 aliphatic rings. The molecule has 1 N–H and O–H groups in total. The van der Waals surface area contributed by atoms with Gasteiger partial charge in [0.15, 0.2) is 0 Å². The van der Waals surface area contributed by atoms with Gasteiger partial charge in [-0.1, -0.05) is 40.0 Å². The number of likely N-dealkylation sites (N-methyl/N-ethyl adjacent to an activating group) is 1. The summed E-state index contributed by atoms with van der Waals surface area (Å²) >= 11 is 0. The molecule has 18 heavy (non-hydrogen) atoms. The van der Waals surface area contributed by atoms with Crippen molar-refractivity contribution in [2.24, 2.45) is 11.8 Å². The zero-order valence-electron chi connectivity index (χ0n) is 12.6. The third kappa shape index (κ3) is 3.48. The molecule has 0 aromatic heterocycles. The van der Waals surface area contributed by atoms with Crippen molar-refractivity contribution in [3.05, 3.63) is 0 Å². The van der Waals surface area contributed by atoms with E-state index in [0.717, 1.165) is 30.5 Å². The van der Waals surface area contributed by atoms with E-state index in [0.29, 0.717) is 0 Å². The van der Waals surface area contributed by atoms with Crippen LogP contribution in [-0.4, -0.2) is 36.6 Å². The number of likely N-dealkylation sites (tertiary alicyclic amines) is 1. The molecule has 2 fully saturated rings. The number of nitrogens with one attached hydrogen (secondary N) is 1. The van der Waals surface area contributed by atoms with E-state index in [4.69, 9.17) is 0 Å². The van der Waals surface area contributed by atoms with Gasteiger partial charge < -0.3 is 5.32 Å². The highest BCUT2D eigenvalue weighted by molar-refractivity contribution is 4.89. The third-order valence-electron chi connectivity index (χ3n) is 5.28. The SMILES string of the molecule is CCNC1CCCCCC1N1CCC(C)C(C)C1. The summed E-state index contributed by atoms with van der Waals surface area (Å²) in [7, 11) is 0. The molecule has 2 rings (SSSR count). The predicted octanol–water partition coefficient (Wildman–Crippen LogP) is 3.28. The lowest BCUT2D eigenvalue weighted by Gasteiger charge is -2.43. The van der Waals surface area contributed by atoms with Crippen molar-refractivity contribution in [3.8, 4) is 0 Å². The second-order valence-electron chi connectivity index (χ2n) is 6.61. The highest BCUT2D eigenvalue weighted by Gasteiger charge is 2.32.